The minimum Gasteiger partial charge on any atom is -0.462 e. The summed E-state index contributed by atoms with van der Waals surface area (Å²) in [4.78, 5) is 11.3. The van der Waals surface area contributed by atoms with Crippen molar-refractivity contribution in [3.8, 4) is 0 Å². The van der Waals surface area contributed by atoms with Gasteiger partial charge in [-0.3, -0.25) is 4.79 Å². The quantitative estimate of drug-likeness (QED) is 0.621. The highest BCUT2D eigenvalue weighted by Gasteiger charge is 2.35. The molecule has 1 rings (SSSR count). The standard InChI is InChI=1S/C16H26O2Si/c1-13(17)18-15(16(2,3)4)12-19(5,6)14-10-8-7-9-11-14/h7-11,15H,12H2,1-6H3. The molecule has 2 nitrogen and oxygen atoms in total. The Morgan fingerprint density at radius 3 is 2.16 bits per heavy atom. The highest BCUT2D eigenvalue weighted by atomic mass is 28.3. The molecule has 1 aromatic carbocycles. The van der Waals surface area contributed by atoms with Crippen LogP contribution in [0.2, 0.25) is 19.1 Å². The molecule has 106 valence electrons. The van der Waals surface area contributed by atoms with Crippen LogP contribution in [0.25, 0.3) is 0 Å². The summed E-state index contributed by atoms with van der Waals surface area (Å²) in [6.45, 7) is 12.6. The van der Waals surface area contributed by atoms with Crippen LogP contribution in [-0.4, -0.2) is 20.1 Å². The molecule has 0 N–H and O–H groups in total. The molecular formula is C16H26O2Si. The zero-order valence-electron chi connectivity index (χ0n) is 13.0. The van der Waals surface area contributed by atoms with Crippen LogP contribution in [0.1, 0.15) is 27.7 Å². The fraction of sp³-hybridized carbons (Fsp3) is 0.562. The van der Waals surface area contributed by atoms with Gasteiger partial charge in [0.15, 0.2) is 0 Å². The van der Waals surface area contributed by atoms with Crippen molar-refractivity contribution >= 4 is 19.2 Å². The molecular weight excluding hydrogens is 252 g/mol. The van der Waals surface area contributed by atoms with Gasteiger partial charge in [0.25, 0.3) is 0 Å². The third kappa shape index (κ3) is 4.82. The summed E-state index contributed by atoms with van der Waals surface area (Å²) in [5.41, 5.74) is -0.0231. The van der Waals surface area contributed by atoms with Gasteiger partial charge in [-0.05, 0) is 11.5 Å². The Balaban J connectivity index is 2.92. The molecule has 0 aliphatic rings. The van der Waals surface area contributed by atoms with E-state index in [1.807, 2.05) is 6.07 Å². The van der Waals surface area contributed by atoms with Gasteiger partial charge in [0.05, 0.1) is 8.07 Å². The zero-order chi connectivity index (χ0) is 14.7. The number of esters is 1. The Morgan fingerprint density at radius 2 is 1.74 bits per heavy atom. The molecule has 0 heterocycles. The molecule has 0 spiro atoms. The number of carbonyl (C=O) groups excluding carboxylic acids is 1. The first-order valence-corrected chi connectivity index (χ1v) is 10.1. The Bertz CT molecular complexity index is 418. The first kappa shape index (κ1) is 16.0. The number of benzene rings is 1. The molecule has 0 bridgehead atoms. The van der Waals surface area contributed by atoms with Gasteiger partial charge >= 0.3 is 5.97 Å². The van der Waals surface area contributed by atoms with Gasteiger partial charge in [0.1, 0.15) is 6.10 Å². The van der Waals surface area contributed by atoms with Crippen LogP contribution in [-0.2, 0) is 9.53 Å². The lowest BCUT2D eigenvalue weighted by atomic mass is 9.90. The van der Waals surface area contributed by atoms with E-state index >= 15 is 0 Å². The van der Waals surface area contributed by atoms with E-state index < -0.39 is 8.07 Å². The number of hydrogen-bond donors (Lipinski definition) is 0. The van der Waals surface area contributed by atoms with Crippen LogP contribution in [0, 0.1) is 5.41 Å². The lowest BCUT2D eigenvalue weighted by Crippen LogP contribution is -2.47. The second kappa shape index (κ2) is 5.91. The molecule has 0 amide bonds. The highest BCUT2D eigenvalue weighted by molar-refractivity contribution is 6.89. The summed E-state index contributed by atoms with van der Waals surface area (Å²) in [5.74, 6) is -0.183. The lowest BCUT2D eigenvalue weighted by molar-refractivity contribution is -0.150. The maximum atomic E-state index is 11.3. The third-order valence-electron chi connectivity index (χ3n) is 3.53. The lowest BCUT2D eigenvalue weighted by Gasteiger charge is -2.35. The fourth-order valence-electron chi connectivity index (χ4n) is 2.20. The maximum Gasteiger partial charge on any atom is 0.302 e. The van der Waals surface area contributed by atoms with Crippen molar-refractivity contribution in [3.63, 3.8) is 0 Å². The fourth-order valence-corrected chi connectivity index (χ4v) is 5.15. The average Bonchev–Trinajstić information content (AvgIpc) is 2.27. The van der Waals surface area contributed by atoms with Crippen LogP contribution < -0.4 is 5.19 Å². The monoisotopic (exact) mass is 278 g/mol. The Hall–Kier alpha value is -1.09. The van der Waals surface area contributed by atoms with Gasteiger partial charge in [-0.1, -0.05) is 69.4 Å². The van der Waals surface area contributed by atoms with Gasteiger partial charge < -0.3 is 4.74 Å². The summed E-state index contributed by atoms with van der Waals surface area (Å²) < 4.78 is 5.57. The molecule has 0 aliphatic heterocycles. The van der Waals surface area contributed by atoms with Crippen LogP contribution in [0.3, 0.4) is 0 Å². The predicted octanol–water partition coefficient (Wildman–Crippen LogP) is 3.58. The highest BCUT2D eigenvalue weighted by Crippen LogP contribution is 2.29. The molecule has 0 saturated heterocycles. The van der Waals surface area contributed by atoms with Crippen molar-refractivity contribution in [2.24, 2.45) is 5.41 Å². The van der Waals surface area contributed by atoms with Gasteiger partial charge in [0, 0.05) is 6.92 Å². The molecule has 3 heteroatoms. The predicted molar refractivity (Wildman–Crippen MR) is 83.4 cm³/mol. The Labute approximate surface area is 118 Å². The van der Waals surface area contributed by atoms with Crippen molar-refractivity contribution in [2.45, 2.75) is 52.9 Å². The SMILES string of the molecule is CC(=O)OC(C[Si](C)(C)c1ccccc1)C(C)(C)C. The second-order valence-corrected chi connectivity index (χ2v) is 11.7. The molecule has 1 atom stereocenters. The van der Waals surface area contributed by atoms with E-state index in [-0.39, 0.29) is 17.5 Å². The first-order chi connectivity index (χ1) is 8.63. The van der Waals surface area contributed by atoms with Gasteiger partial charge in [-0.2, -0.15) is 0 Å². The molecule has 0 saturated carbocycles. The summed E-state index contributed by atoms with van der Waals surface area (Å²) in [7, 11) is -1.60. The zero-order valence-corrected chi connectivity index (χ0v) is 14.0. The Kier molecular flexibility index (Phi) is 4.96. The summed E-state index contributed by atoms with van der Waals surface area (Å²) in [6, 6.07) is 11.6. The van der Waals surface area contributed by atoms with Crippen LogP contribution in [0.5, 0.6) is 0 Å². The summed E-state index contributed by atoms with van der Waals surface area (Å²) in [6.07, 6.45) is -0.0214. The number of carbonyl (C=O) groups is 1. The average molecular weight is 278 g/mol. The normalized spacial score (nSPS) is 14.0. The summed E-state index contributed by atoms with van der Waals surface area (Å²) in [5, 5.41) is 1.41. The van der Waals surface area contributed by atoms with Crippen LogP contribution in [0.15, 0.2) is 30.3 Å². The smallest absolute Gasteiger partial charge is 0.302 e. The largest absolute Gasteiger partial charge is 0.462 e. The molecule has 0 aromatic heterocycles. The van der Waals surface area contributed by atoms with E-state index in [9.17, 15) is 4.79 Å². The van der Waals surface area contributed by atoms with Crippen molar-refractivity contribution in [3.05, 3.63) is 30.3 Å². The summed E-state index contributed by atoms with van der Waals surface area (Å²) >= 11 is 0. The van der Waals surface area contributed by atoms with Crippen molar-refractivity contribution in [2.75, 3.05) is 0 Å². The van der Waals surface area contributed by atoms with Crippen molar-refractivity contribution in [1.82, 2.24) is 0 Å². The van der Waals surface area contributed by atoms with E-state index in [1.54, 1.807) is 0 Å². The number of hydrogen-bond acceptors (Lipinski definition) is 2. The molecule has 19 heavy (non-hydrogen) atoms. The molecule has 0 aliphatic carbocycles. The number of ether oxygens (including phenoxy) is 1. The minimum atomic E-state index is -1.60. The topological polar surface area (TPSA) is 26.3 Å². The number of rotatable bonds is 4. The van der Waals surface area contributed by atoms with Gasteiger partial charge in [-0.15, -0.1) is 0 Å². The Morgan fingerprint density at radius 1 is 1.21 bits per heavy atom. The second-order valence-electron chi connectivity index (χ2n) is 6.92. The molecule has 1 aromatic rings. The van der Waals surface area contributed by atoms with E-state index in [0.29, 0.717) is 0 Å². The minimum absolute atomic E-state index is 0.0214. The van der Waals surface area contributed by atoms with Gasteiger partial charge in [0.2, 0.25) is 0 Å². The molecule has 1 unspecified atom stereocenters. The van der Waals surface area contributed by atoms with Gasteiger partial charge in [-0.25, -0.2) is 0 Å². The molecule has 0 radical (unpaired) electrons. The molecule has 0 fully saturated rings. The van der Waals surface area contributed by atoms with Crippen molar-refractivity contribution in [1.29, 1.82) is 0 Å². The van der Waals surface area contributed by atoms with Crippen LogP contribution in [0.4, 0.5) is 0 Å². The van der Waals surface area contributed by atoms with E-state index in [4.69, 9.17) is 4.74 Å². The van der Waals surface area contributed by atoms with E-state index in [1.165, 1.54) is 12.1 Å². The maximum absolute atomic E-state index is 11.3. The van der Waals surface area contributed by atoms with E-state index in [2.05, 4.69) is 58.1 Å². The third-order valence-corrected chi connectivity index (χ3v) is 6.81. The first-order valence-electron chi connectivity index (χ1n) is 6.86. The van der Waals surface area contributed by atoms with E-state index in [0.717, 1.165) is 6.04 Å². The van der Waals surface area contributed by atoms with Crippen molar-refractivity contribution < 1.29 is 9.53 Å². The van der Waals surface area contributed by atoms with Crippen LogP contribution >= 0.6 is 0 Å².